The maximum Gasteiger partial charge on any atom is 0.261 e. The molecule has 0 aliphatic carbocycles. The second kappa shape index (κ2) is 5.94. The highest BCUT2D eigenvalue weighted by molar-refractivity contribution is 9.10. The third-order valence-corrected chi connectivity index (χ3v) is 4.76. The van der Waals surface area contributed by atoms with Gasteiger partial charge in [-0.05, 0) is 47.7 Å². The van der Waals surface area contributed by atoms with Crippen LogP contribution in [0.15, 0.2) is 40.1 Å². The standard InChI is InChI=1S/C14H16BrClN2O2Si/c1-9(20-21(2,3)4)7-18-8-17-13-6-11(15)12(16)5-10(13)14(18)19/h5-6,8H,1,7H2,2-4H3. The maximum atomic E-state index is 12.5. The molecular weight excluding hydrogens is 372 g/mol. The summed E-state index contributed by atoms with van der Waals surface area (Å²) in [6.07, 6.45) is 1.50. The molecule has 2 rings (SSSR count). The van der Waals surface area contributed by atoms with Crippen LogP contribution in [-0.2, 0) is 11.0 Å². The van der Waals surface area contributed by atoms with Crippen LogP contribution in [0.25, 0.3) is 10.9 Å². The molecule has 0 aliphatic heterocycles. The number of fused-ring (bicyclic) bond motifs is 1. The van der Waals surface area contributed by atoms with Crippen molar-refractivity contribution in [1.29, 1.82) is 0 Å². The SMILES string of the molecule is C=C(Cn1cnc2cc(Br)c(Cl)cc2c1=O)O[Si](C)(C)C. The van der Waals surface area contributed by atoms with E-state index in [0.717, 1.165) is 0 Å². The van der Waals surface area contributed by atoms with Crippen molar-refractivity contribution >= 4 is 46.8 Å². The maximum absolute atomic E-state index is 12.5. The van der Waals surface area contributed by atoms with Gasteiger partial charge in [-0.2, -0.15) is 0 Å². The Bertz CT molecular complexity index is 768. The summed E-state index contributed by atoms with van der Waals surface area (Å²) in [4.78, 5) is 16.7. The first kappa shape index (κ1) is 16.3. The molecular formula is C14H16BrClN2O2Si. The van der Waals surface area contributed by atoms with E-state index in [2.05, 4.69) is 47.1 Å². The zero-order chi connectivity index (χ0) is 15.8. The smallest absolute Gasteiger partial charge is 0.261 e. The van der Waals surface area contributed by atoms with Crippen molar-refractivity contribution < 1.29 is 4.43 Å². The number of hydrogen-bond donors (Lipinski definition) is 0. The van der Waals surface area contributed by atoms with Gasteiger partial charge < -0.3 is 4.43 Å². The van der Waals surface area contributed by atoms with E-state index in [-0.39, 0.29) is 5.56 Å². The van der Waals surface area contributed by atoms with Crippen molar-refractivity contribution in [2.24, 2.45) is 0 Å². The Morgan fingerprint density at radius 1 is 1.48 bits per heavy atom. The minimum absolute atomic E-state index is 0.158. The van der Waals surface area contributed by atoms with E-state index >= 15 is 0 Å². The first-order chi connectivity index (χ1) is 9.67. The molecule has 0 aliphatic rings. The molecule has 1 aromatic carbocycles. The molecule has 0 unspecified atom stereocenters. The number of halogens is 2. The quantitative estimate of drug-likeness (QED) is 0.584. The molecule has 0 N–H and O–H groups in total. The average molecular weight is 388 g/mol. The molecule has 112 valence electrons. The fraction of sp³-hybridized carbons (Fsp3) is 0.286. The second-order valence-corrected chi connectivity index (χ2v) is 11.4. The van der Waals surface area contributed by atoms with Gasteiger partial charge in [-0.15, -0.1) is 0 Å². The zero-order valence-corrected chi connectivity index (χ0v) is 15.5. The van der Waals surface area contributed by atoms with Crippen LogP contribution >= 0.6 is 27.5 Å². The van der Waals surface area contributed by atoms with E-state index in [1.165, 1.54) is 10.9 Å². The summed E-state index contributed by atoms with van der Waals surface area (Å²) >= 11 is 9.37. The molecule has 0 radical (unpaired) electrons. The van der Waals surface area contributed by atoms with Crippen LogP contribution in [0.4, 0.5) is 0 Å². The Balaban J connectivity index is 2.38. The molecule has 0 atom stereocenters. The Hall–Kier alpha value is -1.11. The van der Waals surface area contributed by atoms with E-state index < -0.39 is 8.32 Å². The Kier molecular flexibility index (Phi) is 4.60. The van der Waals surface area contributed by atoms with E-state index in [0.29, 0.717) is 32.7 Å². The predicted octanol–water partition coefficient (Wildman–Crippen LogP) is 4.18. The number of aromatic nitrogens is 2. The Morgan fingerprint density at radius 2 is 2.14 bits per heavy atom. The predicted molar refractivity (Wildman–Crippen MR) is 92.3 cm³/mol. The van der Waals surface area contributed by atoms with Crippen LogP contribution in [0.1, 0.15) is 0 Å². The highest BCUT2D eigenvalue weighted by Gasteiger charge is 2.17. The lowest BCUT2D eigenvalue weighted by Crippen LogP contribution is -2.28. The second-order valence-electron chi connectivity index (χ2n) is 5.71. The van der Waals surface area contributed by atoms with Gasteiger partial charge in [-0.1, -0.05) is 18.2 Å². The van der Waals surface area contributed by atoms with Gasteiger partial charge in [0.15, 0.2) is 0 Å². The lowest BCUT2D eigenvalue weighted by Gasteiger charge is -2.21. The van der Waals surface area contributed by atoms with Crippen molar-refractivity contribution in [3.8, 4) is 0 Å². The third kappa shape index (κ3) is 3.96. The highest BCUT2D eigenvalue weighted by atomic mass is 79.9. The number of allylic oxidation sites excluding steroid dienone is 1. The Labute approximate surface area is 137 Å². The minimum atomic E-state index is -1.72. The van der Waals surface area contributed by atoms with Gasteiger partial charge in [0.05, 0.1) is 34.6 Å². The Morgan fingerprint density at radius 3 is 2.76 bits per heavy atom. The van der Waals surface area contributed by atoms with Crippen molar-refractivity contribution in [3.05, 3.63) is 50.6 Å². The van der Waals surface area contributed by atoms with Crippen LogP contribution in [0.2, 0.25) is 24.7 Å². The molecule has 1 heterocycles. The van der Waals surface area contributed by atoms with Crippen LogP contribution in [0.3, 0.4) is 0 Å². The average Bonchev–Trinajstić information content (AvgIpc) is 2.33. The number of nitrogens with zero attached hydrogens (tertiary/aromatic N) is 2. The molecule has 0 saturated carbocycles. The van der Waals surface area contributed by atoms with Crippen LogP contribution in [-0.4, -0.2) is 17.9 Å². The van der Waals surface area contributed by atoms with Gasteiger partial charge in [0.2, 0.25) is 8.32 Å². The largest absolute Gasteiger partial charge is 0.546 e. The van der Waals surface area contributed by atoms with Crippen molar-refractivity contribution in [3.63, 3.8) is 0 Å². The lowest BCUT2D eigenvalue weighted by molar-refractivity contribution is 0.387. The molecule has 0 amide bonds. The van der Waals surface area contributed by atoms with E-state index in [9.17, 15) is 4.79 Å². The van der Waals surface area contributed by atoms with Crippen molar-refractivity contribution in [1.82, 2.24) is 9.55 Å². The van der Waals surface area contributed by atoms with Crippen LogP contribution < -0.4 is 5.56 Å². The first-order valence-electron chi connectivity index (χ1n) is 6.38. The third-order valence-electron chi connectivity index (χ3n) is 2.66. The molecule has 2 aromatic rings. The van der Waals surface area contributed by atoms with Crippen LogP contribution in [0, 0.1) is 0 Å². The van der Waals surface area contributed by atoms with Gasteiger partial charge in [0, 0.05) is 4.47 Å². The fourth-order valence-electron chi connectivity index (χ4n) is 1.92. The van der Waals surface area contributed by atoms with Crippen molar-refractivity contribution in [2.45, 2.75) is 26.2 Å². The zero-order valence-electron chi connectivity index (χ0n) is 12.1. The van der Waals surface area contributed by atoms with E-state index in [1.807, 2.05) is 0 Å². The molecule has 4 nitrogen and oxygen atoms in total. The summed E-state index contributed by atoms with van der Waals surface area (Å²) in [6, 6.07) is 3.35. The van der Waals surface area contributed by atoms with Gasteiger partial charge in [-0.3, -0.25) is 9.36 Å². The molecule has 7 heteroatoms. The molecule has 0 fully saturated rings. The molecule has 0 spiro atoms. The summed E-state index contributed by atoms with van der Waals surface area (Å²) in [5, 5.41) is 0.961. The number of hydrogen-bond acceptors (Lipinski definition) is 3. The van der Waals surface area contributed by atoms with E-state index in [1.54, 1.807) is 12.1 Å². The summed E-state index contributed by atoms with van der Waals surface area (Å²) in [7, 11) is -1.72. The van der Waals surface area contributed by atoms with Gasteiger partial charge in [0.1, 0.15) is 0 Å². The van der Waals surface area contributed by atoms with Crippen molar-refractivity contribution in [2.75, 3.05) is 0 Å². The van der Waals surface area contributed by atoms with Gasteiger partial charge in [-0.25, -0.2) is 4.98 Å². The lowest BCUT2D eigenvalue weighted by atomic mass is 10.2. The number of rotatable bonds is 4. The summed E-state index contributed by atoms with van der Waals surface area (Å²) in [5.41, 5.74) is 0.443. The molecule has 0 saturated heterocycles. The van der Waals surface area contributed by atoms with Gasteiger partial charge in [0.25, 0.3) is 5.56 Å². The molecule has 1 aromatic heterocycles. The highest BCUT2D eigenvalue weighted by Crippen LogP contribution is 2.25. The number of benzene rings is 1. The first-order valence-corrected chi connectivity index (χ1v) is 11.0. The topological polar surface area (TPSA) is 44.1 Å². The summed E-state index contributed by atoms with van der Waals surface area (Å²) in [5.74, 6) is 0.570. The minimum Gasteiger partial charge on any atom is -0.546 e. The van der Waals surface area contributed by atoms with Crippen LogP contribution in [0.5, 0.6) is 0 Å². The fourth-order valence-corrected chi connectivity index (χ4v) is 3.35. The van der Waals surface area contributed by atoms with Gasteiger partial charge >= 0.3 is 0 Å². The van der Waals surface area contributed by atoms with E-state index in [4.69, 9.17) is 16.0 Å². The summed E-state index contributed by atoms with van der Waals surface area (Å²) < 4.78 is 7.97. The summed E-state index contributed by atoms with van der Waals surface area (Å²) in [6.45, 7) is 10.4. The molecule has 0 bridgehead atoms. The molecule has 21 heavy (non-hydrogen) atoms. The monoisotopic (exact) mass is 386 g/mol. The normalized spacial score (nSPS) is 11.7.